The highest BCUT2D eigenvalue weighted by molar-refractivity contribution is 5.93. The Morgan fingerprint density at radius 2 is 2.08 bits per heavy atom. The summed E-state index contributed by atoms with van der Waals surface area (Å²) < 4.78 is 4.80. The normalized spacial score (nSPS) is 9.69. The van der Waals surface area contributed by atoms with Crippen molar-refractivity contribution in [3.63, 3.8) is 0 Å². The molecule has 0 aromatic rings. The van der Waals surface area contributed by atoms with Crippen molar-refractivity contribution in [3.05, 3.63) is 0 Å². The molecule has 76 valence electrons. The van der Waals surface area contributed by atoms with Crippen LogP contribution in [-0.2, 0) is 14.3 Å². The SMILES string of the molecule is COCCCN(C)C(=O)CC(=O)O. The fourth-order valence-corrected chi connectivity index (χ4v) is 0.835. The smallest absolute Gasteiger partial charge is 0.312 e. The number of hydrogen-bond donors (Lipinski definition) is 1. The summed E-state index contributed by atoms with van der Waals surface area (Å²) in [6, 6.07) is 0. The molecule has 0 aliphatic rings. The standard InChI is InChI=1S/C8H15NO4/c1-9(4-3-5-13-2)7(10)6-8(11)12/h3-6H2,1-2H3,(H,11,12). The van der Waals surface area contributed by atoms with Crippen LogP contribution in [0.25, 0.3) is 0 Å². The van der Waals surface area contributed by atoms with E-state index in [9.17, 15) is 9.59 Å². The second-order valence-corrected chi connectivity index (χ2v) is 2.73. The molecule has 0 saturated carbocycles. The Hall–Kier alpha value is -1.10. The molecular formula is C8H15NO4. The summed E-state index contributed by atoms with van der Waals surface area (Å²) in [5.74, 6) is -1.47. The van der Waals surface area contributed by atoms with Gasteiger partial charge in [0.25, 0.3) is 0 Å². The van der Waals surface area contributed by atoms with Gasteiger partial charge < -0.3 is 14.7 Å². The number of carbonyl (C=O) groups is 2. The van der Waals surface area contributed by atoms with E-state index >= 15 is 0 Å². The third kappa shape index (κ3) is 6.10. The molecule has 13 heavy (non-hydrogen) atoms. The van der Waals surface area contributed by atoms with Gasteiger partial charge in [-0.1, -0.05) is 0 Å². The predicted molar refractivity (Wildman–Crippen MR) is 46.4 cm³/mol. The van der Waals surface area contributed by atoms with Crippen molar-refractivity contribution in [1.29, 1.82) is 0 Å². The molecule has 5 nitrogen and oxygen atoms in total. The van der Waals surface area contributed by atoms with Crippen LogP contribution in [0.15, 0.2) is 0 Å². The number of carbonyl (C=O) groups excluding carboxylic acids is 1. The van der Waals surface area contributed by atoms with Gasteiger partial charge in [-0.15, -0.1) is 0 Å². The first-order valence-corrected chi connectivity index (χ1v) is 4.02. The maximum atomic E-state index is 11.1. The van der Waals surface area contributed by atoms with E-state index in [2.05, 4.69) is 0 Å². The van der Waals surface area contributed by atoms with E-state index in [0.717, 1.165) is 6.42 Å². The van der Waals surface area contributed by atoms with Gasteiger partial charge in [-0.2, -0.15) is 0 Å². The highest BCUT2D eigenvalue weighted by Crippen LogP contribution is 1.93. The first-order chi connectivity index (χ1) is 6.07. The summed E-state index contributed by atoms with van der Waals surface area (Å²) in [7, 11) is 3.17. The Bertz CT molecular complexity index is 181. The van der Waals surface area contributed by atoms with Gasteiger partial charge >= 0.3 is 5.97 Å². The average molecular weight is 189 g/mol. The summed E-state index contributed by atoms with van der Waals surface area (Å²) >= 11 is 0. The zero-order valence-corrected chi connectivity index (χ0v) is 7.95. The lowest BCUT2D eigenvalue weighted by Crippen LogP contribution is -2.29. The van der Waals surface area contributed by atoms with Gasteiger partial charge in [0.2, 0.25) is 5.91 Å². The third-order valence-electron chi connectivity index (χ3n) is 1.57. The van der Waals surface area contributed by atoms with Crippen molar-refractivity contribution in [2.75, 3.05) is 27.3 Å². The molecule has 0 bridgehead atoms. The van der Waals surface area contributed by atoms with Crippen molar-refractivity contribution >= 4 is 11.9 Å². The second kappa shape index (κ2) is 6.42. The zero-order valence-electron chi connectivity index (χ0n) is 7.95. The number of carboxylic acids is 1. The lowest BCUT2D eigenvalue weighted by molar-refractivity contribution is -0.143. The third-order valence-corrected chi connectivity index (χ3v) is 1.57. The van der Waals surface area contributed by atoms with Crippen molar-refractivity contribution in [3.8, 4) is 0 Å². The highest BCUT2D eigenvalue weighted by atomic mass is 16.5. The summed E-state index contributed by atoms with van der Waals surface area (Å²) in [5, 5.41) is 8.33. The summed E-state index contributed by atoms with van der Waals surface area (Å²) in [5.41, 5.74) is 0. The molecule has 0 aliphatic carbocycles. The van der Waals surface area contributed by atoms with Gasteiger partial charge in [-0.25, -0.2) is 0 Å². The minimum Gasteiger partial charge on any atom is -0.481 e. The number of nitrogens with zero attached hydrogens (tertiary/aromatic N) is 1. The number of amides is 1. The van der Waals surface area contributed by atoms with E-state index in [1.807, 2.05) is 0 Å². The van der Waals surface area contributed by atoms with Gasteiger partial charge in [0.05, 0.1) is 0 Å². The largest absolute Gasteiger partial charge is 0.481 e. The van der Waals surface area contributed by atoms with Crippen molar-refractivity contribution in [2.24, 2.45) is 0 Å². The first-order valence-electron chi connectivity index (χ1n) is 4.02. The lowest BCUT2D eigenvalue weighted by Gasteiger charge is -2.15. The van der Waals surface area contributed by atoms with Crippen molar-refractivity contribution < 1.29 is 19.4 Å². The van der Waals surface area contributed by atoms with Gasteiger partial charge in [0.15, 0.2) is 0 Å². The first kappa shape index (κ1) is 11.9. The van der Waals surface area contributed by atoms with Gasteiger partial charge in [0, 0.05) is 27.3 Å². The summed E-state index contributed by atoms with van der Waals surface area (Å²) in [6.07, 6.45) is 0.280. The molecule has 0 atom stereocenters. The van der Waals surface area contributed by atoms with Crippen LogP contribution in [0, 0.1) is 0 Å². The van der Waals surface area contributed by atoms with E-state index in [1.165, 1.54) is 4.90 Å². The molecule has 0 saturated heterocycles. The number of carboxylic acid groups (broad SMARTS) is 1. The quantitative estimate of drug-likeness (QED) is 0.470. The molecule has 0 aromatic heterocycles. The molecule has 0 fully saturated rings. The van der Waals surface area contributed by atoms with Gasteiger partial charge in [-0.05, 0) is 6.42 Å². The van der Waals surface area contributed by atoms with Crippen LogP contribution in [0.4, 0.5) is 0 Å². The lowest BCUT2D eigenvalue weighted by atomic mass is 10.3. The average Bonchev–Trinajstić information content (AvgIpc) is 2.03. The monoisotopic (exact) mass is 189 g/mol. The van der Waals surface area contributed by atoms with Gasteiger partial charge in [0.1, 0.15) is 6.42 Å². The fourth-order valence-electron chi connectivity index (χ4n) is 0.835. The van der Waals surface area contributed by atoms with Crippen molar-refractivity contribution in [2.45, 2.75) is 12.8 Å². The highest BCUT2D eigenvalue weighted by Gasteiger charge is 2.11. The van der Waals surface area contributed by atoms with E-state index < -0.39 is 12.4 Å². The minimum atomic E-state index is -1.09. The van der Waals surface area contributed by atoms with E-state index in [-0.39, 0.29) is 5.91 Å². The van der Waals surface area contributed by atoms with Crippen molar-refractivity contribution in [1.82, 2.24) is 4.90 Å². The Kier molecular flexibility index (Phi) is 5.88. The van der Waals surface area contributed by atoms with Crippen LogP contribution in [0.2, 0.25) is 0 Å². The Labute approximate surface area is 77.3 Å². The topological polar surface area (TPSA) is 66.8 Å². The number of rotatable bonds is 6. The Balaban J connectivity index is 3.63. The van der Waals surface area contributed by atoms with Crippen LogP contribution >= 0.6 is 0 Å². The predicted octanol–water partition coefficient (Wildman–Crippen LogP) is -0.0440. The van der Waals surface area contributed by atoms with Gasteiger partial charge in [-0.3, -0.25) is 9.59 Å². The molecule has 1 N–H and O–H groups in total. The number of ether oxygens (including phenoxy) is 1. The zero-order chi connectivity index (χ0) is 10.3. The molecule has 0 heterocycles. The maximum absolute atomic E-state index is 11.1. The van der Waals surface area contributed by atoms with Crippen LogP contribution in [0.5, 0.6) is 0 Å². The number of methoxy groups -OCH3 is 1. The van der Waals surface area contributed by atoms with E-state index in [1.54, 1.807) is 14.2 Å². The molecule has 1 amide bonds. The summed E-state index contributed by atoms with van der Waals surface area (Å²) in [4.78, 5) is 22.6. The molecule has 0 aliphatic heterocycles. The molecule has 0 rings (SSSR count). The van der Waals surface area contributed by atoms with Crippen LogP contribution < -0.4 is 0 Å². The van der Waals surface area contributed by atoms with Crippen LogP contribution in [0.3, 0.4) is 0 Å². The molecule has 5 heteroatoms. The van der Waals surface area contributed by atoms with E-state index in [0.29, 0.717) is 13.2 Å². The van der Waals surface area contributed by atoms with Crippen LogP contribution in [0.1, 0.15) is 12.8 Å². The van der Waals surface area contributed by atoms with E-state index in [4.69, 9.17) is 9.84 Å². The molecular weight excluding hydrogens is 174 g/mol. The minimum absolute atomic E-state index is 0.372. The second-order valence-electron chi connectivity index (χ2n) is 2.73. The summed E-state index contributed by atoms with van der Waals surface area (Å²) in [6.45, 7) is 1.10. The van der Waals surface area contributed by atoms with Crippen LogP contribution in [-0.4, -0.2) is 49.2 Å². The Morgan fingerprint density at radius 1 is 1.46 bits per heavy atom. The fraction of sp³-hybridized carbons (Fsp3) is 0.750. The number of hydrogen-bond acceptors (Lipinski definition) is 3. The molecule has 0 radical (unpaired) electrons. The Morgan fingerprint density at radius 3 is 2.54 bits per heavy atom. The number of aliphatic carboxylic acids is 1. The molecule has 0 aromatic carbocycles. The molecule has 0 unspecified atom stereocenters. The molecule has 0 spiro atoms. The maximum Gasteiger partial charge on any atom is 0.312 e.